The quantitative estimate of drug-likeness (QED) is 0.869. The van der Waals surface area contributed by atoms with E-state index in [2.05, 4.69) is 5.10 Å². The monoisotopic (exact) mass is 298 g/mol. The molecule has 5 nitrogen and oxygen atoms in total. The molecule has 0 saturated heterocycles. The Labute approximate surface area is 129 Å². The molecule has 3 rings (SSSR count). The number of carbonyl (C=O) groups is 1. The molecule has 1 aliphatic heterocycles. The van der Waals surface area contributed by atoms with E-state index in [9.17, 15) is 4.79 Å². The number of benzene rings is 1. The molecule has 0 N–H and O–H groups in total. The Morgan fingerprint density at radius 3 is 2.86 bits per heavy atom. The van der Waals surface area contributed by atoms with Crippen molar-refractivity contribution in [3.63, 3.8) is 0 Å². The summed E-state index contributed by atoms with van der Waals surface area (Å²) in [6.07, 6.45) is 2.63. The van der Waals surface area contributed by atoms with Gasteiger partial charge in [0, 0.05) is 18.4 Å². The minimum Gasteiger partial charge on any atom is -0.496 e. The van der Waals surface area contributed by atoms with E-state index < -0.39 is 0 Å². The van der Waals surface area contributed by atoms with Gasteiger partial charge in [0.05, 0.1) is 19.1 Å². The smallest absolute Gasteiger partial charge is 0.243 e. The topological polar surface area (TPSA) is 55.0 Å². The number of hydrazone groups is 1. The Balaban J connectivity index is 1.98. The van der Waals surface area contributed by atoms with Gasteiger partial charge in [-0.15, -0.1) is 0 Å². The van der Waals surface area contributed by atoms with Crippen LogP contribution in [0.1, 0.15) is 37.1 Å². The summed E-state index contributed by atoms with van der Waals surface area (Å²) in [5.41, 5.74) is 1.74. The van der Waals surface area contributed by atoms with Crippen LogP contribution in [0.4, 0.5) is 0 Å². The molecule has 0 unspecified atom stereocenters. The molecule has 1 aromatic heterocycles. The highest BCUT2D eigenvalue weighted by Gasteiger charge is 2.34. The maximum atomic E-state index is 12.2. The average molecular weight is 298 g/mol. The normalized spacial score (nSPS) is 17.5. The van der Waals surface area contributed by atoms with E-state index in [1.165, 1.54) is 5.01 Å². The number of ether oxygens (including phenoxy) is 1. The van der Waals surface area contributed by atoms with Crippen LogP contribution in [-0.4, -0.2) is 23.7 Å². The van der Waals surface area contributed by atoms with Crippen molar-refractivity contribution in [3.8, 4) is 5.75 Å². The lowest BCUT2D eigenvalue weighted by atomic mass is 10.0. The number of furan rings is 1. The Kier molecular flexibility index (Phi) is 3.96. The van der Waals surface area contributed by atoms with Crippen molar-refractivity contribution in [2.24, 2.45) is 5.10 Å². The van der Waals surface area contributed by atoms with Crippen LogP contribution in [0.5, 0.6) is 5.75 Å². The van der Waals surface area contributed by atoms with Crippen molar-refractivity contribution in [2.45, 2.75) is 25.8 Å². The van der Waals surface area contributed by atoms with E-state index in [1.54, 1.807) is 13.4 Å². The third-order valence-electron chi connectivity index (χ3n) is 3.76. The highest BCUT2D eigenvalue weighted by Crippen LogP contribution is 2.35. The number of hydrogen-bond donors (Lipinski definition) is 0. The van der Waals surface area contributed by atoms with Gasteiger partial charge in [-0.3, -0.25) is 4.79 Å². The highest BCUT2D eigenvalue weighted by molar-refractivity contribution is 6.05. The fraction of sp³-hybridized carbons (Fsp3) is 0.294. The van der Waals surface area contributed by atoms with E-state index in [1.807, 2.05) is 43.3 Å². The molecule has 2 aromatic rings. The predicted molar refractivity (Wildman–Crippen MR) is 82.7 cm³/mol. The Hall–Kier alpha value is -2.56. The molecular weight excluding hydrogens is 280 g/mol. The summed E-state index contributed by atoms with van der Waals surface area (Å²) in [7, 11) is 1.63. The van der Waals surface area contributed by atoms with Crippen molar-refractivity contribution in [2.75, 3.05) is 7.11 Å². The molecule has 0 fully saturated rings. The first-order chi connectivity index (χ1) is 10.7. The Morgan fingerprint density at radius 1 is 1.36 bits per heavy atom. The molecule has 5 heteroatoms. The van der Waals surface area contributed by atoms with Crippen LogP contribution in [0, 0.1) is 0 Å². The van der Waals surface area contributed by atoms with Gasteiger partial charge in [0.15, 0.2) is 0 Å². The lowest BCUT2D eigenvalue weighted by Gasteiger charge is -2.18. The van der Waals surface area contributed by atoms with E-state index in [4.69, 9.17) is 9.15 Å². The van der Waals surface area contributed by atoms with E-state index in [0.29, 0.717) is 12.8 Å². The summed E-state index contributed by atoms with van der Waals surface area (Å²) in [4.78, 5) is 12.2. The average Bonchev–Trinajstić information content (AvgIpc) is 3.23. The molecule has 1 aromatic carbocycles. The Morgan fingerprint density at radius 2 is 2.18 bits per heavy atom. The van der Waals surface area contributed by atoms with Crippen LogP contribution in [0.3, 0.4) is 0 Å². The molecule has 0 aliphatic carbocycles. The third-order valence-corrected chi connectivity index (χ3v) is 3.76. The van der Waals surface area contributed by atoms with Gasteiger partial charge in [-0.25, -0.2) is 5.01 Å². The zero-order valence-corrected chi connectivity index (χ0v) is 12.7. The van der Waals surface area contributed by atoms with Gasteiger partial charge < -0.3 is 9.15 Å². The fourth-order valence-electron chi connectivity index (χ4n) is 2.65. The van der Waals surface area contributed by atoms with E-state index in [-0.39, 0.29) is 11.9 Å². The highest BCUT2D eigenvalue weighted by atomic mass is 16.5. The summed E-state index contributed by atoms with van der Waals surface area (Å²) in [5, 5.41) is 6.06. The second-order valence-electron chi connectivity index (χ2n) is 5.07. The first kappa shape index (κ1) is 14.4. The van der Waals surface area contributed by atoms with Crippen LogP contribution in [0.2, 0.25) is 0 Å². The largest absolute Gasteiger partial charge is 0.496 e. The van der Waals surface area contributed by atoms with Crippen molar-refractivity contribution in [1.82, 2.24) is 5.01 Å². The number of hydrogen-bond acceptors (Lipinski definition) is 4. The van der Waals surface area contributed by atoms with Gasteiger partial charge in [-0.05, 0) is 24.3 Å². The van der Waals surface area contributed by atoms with Gasteiger partial charge in [-0.1, -0.05) is 19.1 Å². The van der Waals surface area contributed by atoms with Gasteiger partial charge in [0.1, 0.15) is 17.6 Å². The van der Waals surface area contributed by atoms with Gasteiger partial charge in [0.25, 0.3) is 0 Å². The number of para-hydroxylation sites is 1. The lowest BCUT2D eigenvalue weighted by Crippen LogP contribution is -2.25. The molecule has 2 heterocycles. The van der Waals surface area contributed by atoms with Crippen molar-refractivity contribution in [1.29, 1.82) is 0 Å². The van der Waals surface area contributed by atoms with Gasteiger partial charge in [0.2, 0.25) is 5.91 Å². The first-order valence-electron chi connectivity index (χ1n) is 7.31. The van der Waals surface area contributed by atoms with Crippen molar-refractivity contribution in [3.05, 3.63) is 54.0 Å². The summed E-state index contributed by atoms with van der Waals surface area (Å²) in [6, 6.07) is 11.2. The maximum absolute atomic E-state index is 12.2. The van der Waals surface area contributed by atoms with Crippen molar-refractivity contribution < 1.29 is 13.9 Å². The standard InChI is InChI=1S/C17H18N2O3/c1-3-17(20)19-14(16-9-6-10-22-16)11-13(18-19)12-7-4-5-8-15(12)21-2/h4-10,14H,3,11H2,1-2H3/t14-/m0/s1. The summed E-state index contributed by atoms with van der Waals surface area (Å²) in [5.74, 6) is 1.48. The zero-order chi connectivity index (χ0) is 15.5. The number of carbonyl (C=O) groups excluding carboxylic acids is 1. The van der Waals surface area contributed by atoms with Gasteiger partial charge in [-0.2, -0.15) is 5.10 Å². The molecule has 22 heavy (non-hydrogen) atoms. The van der Waals surface area contributed by atoms with Crippen LogP contribution in [0.25, 0.3) is 0 Å². The molecule has 114 valence electrons. The molecule has 1 amide bonds. The van der Waals surface area contributed by atoms with Crippen LogP contribution >= 0.6 is 0 Å². The molecule has 0 saturated carbocycles. The van der Waals surface area contributed by atoms with Crippen LogP contribution < -0.4 is 4.74 Å². The maximum Gasteiger partial charge on any atom is 0.243 e. The number of nitrogens with zero attached hydrogens (tertiary/aromatic N) is 2. The molecular formula is C17H18N2O3. The summed E-state index contributed by atoms with van der Waals surface area (Å²) >= 11 is 0. The second kappa shape index (κ2) is 6.05. The lowest BCUT2D eigenvalue weighted by molar-refractivity contribution is -0.133. The second-order valence-corrected chi connectivity index (χ2v) is 5.07. The van der Waals surface area contributed by atoms with E-state index >= 15 is 0 Å². The SMILES string of the molecule is CCC(=O)N1N=C(c2ccccc2OC)C[C@H]1c1ccco1. The van der Waals surface area contributed by atoms with Gasteiger partial charge >= 0.3 is 0 Å². The predicted octanol–water partition coefficient (Wildman–Crippen LogP) is 3.38. The minimum absolute atomic E-state index is 0.0219. The summed E-state index contributed by atoms with van der Waals surface area (Å²) < 4.78 is 10.9. The molecule has 1 aliphatic rings. The molecule has 0 bridgehead atoms. The van der Waals surface area contributed by atoms with Crippen molar-refractivity contribution >= 4 is 11.6 Å². The zero-order valence-electron chi connectivity index (χ0n) is 12.7. The fourth-order valence-corrected chi connectivity index (χ4v) is 2.65. The number of rotatable bonds is 4. The Bertz CT molecular complexity index is 692. The third kappa shape index (κ3) is 2.50. The molecule has 0 radical (unpaired) electrons. The van der Waals surface area contributed by atoms with Crippen LogP contribution in [0.15, 0.2) is 52.2 Å². The molecule has 0 spiro atoms. The number of amides is 1. The first-order valence-corrected chi connectivity index (χ1v) is 7.31. The number of methoxy groups -OCH3 is 1. The van der Waals surface area contributed by atoms with E-state index in [0.717, 1.165) is 22.8 Å². The minimum atomic E-state index is -0.192. The van der Waals surface area contributed by atoms with Crippen LogP contribution in [-0.2, 0) is 4.79 Å². The molecule has 1 atom stereocenters. The summed E-state index contributed by atoms with van der Waals surface area (Å²) in [6.45, 7) is 1.83.